The van der Waals surface area contributed by atoms with Gasteiger partial charge in [0, 0.05) is 0 Å². The van der Waals surface area contributed by atoms with Crippen LogP contribution >= 0.6 is 0 Å². The van der Waals surface area contributed by atoms with Gasteiger partial charge in [-0.2, -0.15) is 0 Å². The summed E-state index contributed by atoms with van der Waals surface area (Å²) >= 11 is 0. The minimum Gasteiger partial charge on any atom is -0.393 e. The van der Waals surface area contributed by atoms with Crippen LogP contribution in [0.15, 0.2) is 0 Å². The zero-order chi connectivity index (χ0) is 8.57. The quantitative estimate of drug-likeness (QED) is 0.499. The van der Waals surface area contributed by atoms with E-state index in [1.807, 2.05) is 0 Å². The van der Waals surface area contributed by atoms with E-state index in [0.29, 0.717) is 0 Å². The summed E-state index contributed by atoms with van der Waals surface area (Å²) in [6, 6.07) is 0. The maximum Gasteiger partial charge on any atom is 0.150 e. The van der Waals surface area contributed by atoms with Crippen molar-refractivity contribution >= 4 is 12.1 Å². The third kappa shape index (κ3) is 26.8. The molecule has 0 radical (unpaired) electrons. The van der Waals surface area contributed by atoms with E-state index in [4.69, 9.17) is 10.2 Å². The number of rotatable bonds is 2. The Labute approximate surface area is 59.5 Å². The molecule has 0 saturated heterocycles. The van der Waals surface area contributed by atoms with Gasteiger partial charge in [0.2, 0.25) is 0 Å². The number of aliphatic hydroxyl groups is 2. The molecule has 0 aliphatic rings. The topological polar surface area (TPSA) is 74.6 Å². The van der Waals surface area contributed by atoms with Gasteiger partial charge in [0.05, 0.1) is 6.61 Å². The average Bonchev–Trinajstić information content (AvgIpc) is 1.85. The molecule has 0 aliphatic heterocycles. The molecule has 0 aliphatic carbocycles. The molecule has 10 heavy (non-hydrogen) atoms. The lowest BCUT2D eigenvalue weighted by Crippen LogP contribution is -2.12. The van der Waals surface area contributed by atoms with Crippen LogP contribution in [0.3, 0.4) is 0 Å². The van der Waals surface area contributed by atoms with E-state index in [0.717, 1.165) is 0 Å². The lowest BCUT2D eigenvalue weighted by Gasteiger charge is -1.89. The molecule has 1 atom stereocenters. The SMILES string of the molecule is CC(C)=O.O=CC(O)CO. The molecule has 0 saturated carbocycles. The third-order valence-electron chi connectivity index (χ3n) is 0.344. The summed E-state index contributed by atoms with van der Waals surface area (Å²) in [4.78, 5) is 18.8. The van der Waals surface area contributed by atoms with Crippen molar-refractivity contribution in [2.75, 3.05) is 6.61 Å². The van der Waals surface area contributed by atoms with Crippen LogP contribution in [0, 0.1) is 0 Å². The van der Waals surface area contributed by atoms with Crippen LogP contribution in [0.25, 0.3) is 0 Å². The number of carbonyl (C=O) groups excluding carboxylic acids is 2. The second-order valence-corrected chi connectivity index (χ2v) is 1.79. The smallest absolute Gasteiger partial charge is 0.150 e. The molecule has 4 nitrogen and oxygen atoms in total. The molecule has 1 unspecified atom stereocenters. The summed E-state index contributed by atoms with van der Waals surface area (Å²) < 4.78 is 0. The van der Waals surface area contributed by atoms with E-state index in [1.165, 1.54) is 13.8 Å². The molecule has 0 aromatic rings. The highest BCUT2D eigenvalue weighted by Gasteiger charge is 1.92. The van der Waals surface area contributed by atoms with Gasteiger partial charge in [-0.15, -0.1) is 0 Å². The Balaban J connectivity index is 0. The molecule has 0 aromatic carbocycles. The van der Waals surface area contributed by atoms with Gasteiger partial charge in [0.25, 0.3) is 0 Å². The number of ketones is 1. The molecular weight excluding hydrogens is 136 g/mol. The number of hydrogen-bond acceptors (Lipinski definition) is 4. The Bertz CT molecular complexity index is 95.9. The van der Waals surface area contributed by atoms with Crippen LogP contribution in [0.1, 0.15) is 13.8 Å². The molecule has 60 valence electrons. The largest absolute Gasteiger partial charge is 0.393 e. The highest BCUT2D eigenvalue weighted by Crippen LogP contribution is 1.66. The van der Waals surface area contributed by atoms with Gasteiger partial charge in [0.15, 0.2) is 6.29 Å². The third-order valence-corrected chi connectivity index (χ3v) is 0.344. The first kappa shape index (κ1) is 12.0. The van der Waals surface area contributed by atoms with Gasteiger partial charge < -0.3 is 19.8 Å². The van der Waals surface area contributed by atoms with E-state index in [9.17, 15) is 9.59 Å². The fourth-order valence-electron chi connectivity index (χ4n) is 0.0430. The summed E-state index contributed by atoms with van der Waals surface area (Å²) in [7, 11) is 0. The molecule has 0 rings (SSSR count). The lowest BCUT2D eigenvalue weighted by molar-refractivity contribution is -0.116. The molecule has 0 spiro atoms. The van der Waals surface area contributed by atoms with Crippen molar-refractivity contribution in [1.29, 1.82) is 0 Å². The van der Waals surface area contributed by atoms with E-state index in [1.54, 1.807) is 0 Å². The van der Waals surface area contributed by atoms with Crippen molar-refractivity contribution < 1.29 is 19.8 Å². The van der Waals surface area contributed by atoms with E-state index in [2.05, 4.69) is 0 Å². The molecule has 2 N–H and O–H groups in total. The predicted octanol–water partition coefficient (Wildman–Crippen LogP) is -0.866. The highest BCUT2D eigenvalue weighted by atomic mass is 16.3. The first-order chi connectivity index (χ1) is 4.54. The molecule has 0 amide bonds. The molecule has 4 heteroatoms. The fourth-order valence-corrected chi connectivity index (χ4v) is 0.0430. The lowest BCUT2D eigenvalue weighted by atomic mass is 10.4. The summed E-state index contributed by atoms with van der Waals surface area (Å²) in [5.74, 6) is 0.167. The van der Waals surface area contributed by atoms with Gasteiger partial charge in [-0.05, 0) is 13.8 Å². The number of hydrogen-bond donors (Lipinski definition) is 2. The molecular formula is C6H12O4. The second-order valence-electron chi connectivity index (χ2n) is 1.79. The number of Topliss-reactive ketones (excluding diaryl/α,β-unsaturated/α-hetero) is 1. The Kier molecular flexibility index (Phi) is 9.90. The van der Waals surface area contributed by atoms with Crippen LogP contribution in [-0.4, -0.2) is 35.0 Å². The van der Waals surface area contributed by atoms with Crippen LogP contribution in [0.5, 0.6) is 0 Å². The Morgan fingerprint density at radius 3 is 1.90 bits per heavy atom. The first-order valence-corrected chi connectivity index (χ1v) is 2.76. The molecule has 0 heterocycles. The molecule has 0 bridgehead atoms. The average molecular weight is 148 g/mol. The van der Waals surface area contributed by atoms with Gasteiger partial charge in [0.1, 0.15) is 11.9 Å². The predicted molar refractivity (Wildman–Crippen MR) is 35.5 cm³/mol. The highest BCUT2D eigenvalue weighted by molar-refractivity contribution is 5.72. The van der Waals surface area contributed by atoms with Crippen molar-refractivity contribution in [2.24, 2.45) is 0 Å². The minimum atomic E-state index is -1.19. The van der Waals surface area contributed by atoms with Gasteiger partial charge in [-0.1, -0.05) is 0 Å². The zero-order valence-corrected chi connectivity index (χ0v) is 6.07. The van der Waals surface area contributed by atoms with Crippen LogP contribution in [-0.2, 0) is 9.59 Å². The van der Waals surface area contributed by atoms with Crippen molar-refractivity contribution in [2.45, 2.75) is 20.0 Å². The first-order valence-electron chi connectivity index (χ1n) is 2.76. The maximum atomic E-state index is 9.44. The summed E-state index contributed by atoms with van der Waals surface area (Å²) in [5, 5.41) is 15.9. The van der Waals surface area contributed by atoms with Gasteiger partial charge in [-0.25, -0.2) is 0 Å². The summed E-state index contributed by atoms with van der Waals surface area (Å²) in [5.41, 5.74) is 0. The number of carbonyl (C=O) groups is 2. The number of aldehydes is 1. The molecule has 0 aromatic heterocycles. The standard InChI is InChI=1S/C3H6O3.C3H6O/c4-1-3(6)2-5;1-3(2)4/h1,3,5-6H,2H2;1-2H3. The van der Waals surface area contributed by atoms with Crippen molar-refractivity contribution in [3.05, 3.63) is 0 Å². The van der Waals surface area contributed by atoms with E-state index >= 15 is 0 Å². The normalized spacial score (nSPS) is 10.8. The van der Waals surface area contributed by atoms with Crippen molar-refractivity contribution in [1.82, 2.24) is 0 Å². The van der Waals surface area contributed by atoms with Crippen LogP contribution in [0.2, 0.25) is 0 Å². The minimum absolute atomic E-state index is 0.167. The van der Waals surface area contributed by atoms with Crippen molar-refractivity contribution in [3.8, 4) is 0 Å². The molecule has 0 fully saturated rings. The number of aliphatic hydroxyl groups excluding tert-OH is 2. The maximum absolute atomic E-state index is 9.44. The Morgan fingerprint density at radius 1 is 1.60 bits per heavy atom. The Hall–Kier alpha value is -0.740. The second kappa shape index (κ2) is 8.26. The van der Waals surface area contributed by atoms with Crippen molar-refractivity contribution in [3.63, 3.8) is 0 Å². The van der Waals surface area contributed by atoms with E-state index < -0.39 is 12.7 Å². The Morgan fingerprint density at radius 2 is 1.90 bits per heavy atom. The van der Waals surface area contributed by atoms with E-state index in [-0.39, 0.29) is 12.1 Å². The summed E-state index contributed by atoms with van der Waals surface area (Å²) in [6.07, 6.45) is -0.912. The fraction of sp³-hybridized carbons (Fsp3) is 0.667. The zero-order valence-electron chi connectivity index (χ0n) is 6.07. The van der Waals surface area contributed by atoms with Gasteiger partial charge >= 0.3 is 0 Å². The van der Waals surface area contributed by atoms with Crippen LogP contribution < -0.4 is 0 Å². The monoisotopic (exact) mass is 148 g/mol. The summed E-state index contributed by atoms with van der Waals surface area (Å²) in [6.45, 7) is 2.57. The van der Waals surface area contributed by atoms with Gasteiger partial charge in [-0.3, -0.25) is 0 Å². The van der Waals surface area contributed by atoms with Crippen LogP contribution in [0.4, 0.5) is 0 Å².